The molecule has 2 N–H and O–H groups in total. The van der Waals surface area contributed by atoms with Gasteiger partial charge in [0.25, 0.3) is 0 Å². The number of para-hydroxylation sites is 1. The number of carbonyl (C=O) groups is 1. The Balaban J connectivity index is 1.91. The summed E-state index contributed by atoms with van der Waals surface area (Å²) in [6.45, 7) is 1.78. The summed E-state index contributed by atoms with van der Waals surface area (Å²) >= 11 is 0. The first kappa shape index (κ1) is 18.2. The van der Waals surface area contributed by atoms with Crippen molar-refractivity contribution >= 4 is 21.6 Å². The molecule has 0 saturated heterocycles. The van der Waals surface area contributed by atoms with Crippen LogP contribution in [0.4, 0.5) is 5.69 Å². The minimum atomic E-state index is -3.80. The molecule has 8 heteroatoms. The van der Waals surface area contributed by atoms with Gasteiger partial charge in [-0.15, -0.1) is 0 Å². The zero-order valence-electron chi connectivity index (χ0n) is 14.5. The highest BCUT2D eigenvalue weighted by molar-refractivity contribution is 7.89. The van der Waals surface area contributed by atoms with Crippen molar-refractivity contribution in [3.05, 3.63) is 48.0 Å². The third-order valence-corrected chi connectivity index (χ3v) is 5.52. The monoisotopic (exact) mass is 376 g/mol. The summed E-state index contributed by atoms with van der Waals surface area (Å²) in [7, 11) is -2.35. The van der Waals surface area contributed by atoms with Crippen molar-refractivity contribution in [1.82, 2.24) is 4.72 Å². The maximum absolute atomic E-state index is 12.8. The van der Waals surface area contributed by atoms with Crippen molar-refractivity contribution in [1.29, 1.82) is 0 Å². The van der Waals surface area contributed by atoms with Gasteiger partial charge in [0.05, 0.1) is 30.3 Å². The average molecular weight is 376 g/mol. The molecule has 0 bridgehead atoms. The molecule has 0 radical (unpaired) electrons. The molecular weight excluding hydrogens is 356 g/mol. The SMILES string of the molecule is COc1ccc(S(=O)(=O)N[C@@H]2CCOc3ccccc32)cc1NC(C)=O. The van der Waals surface area contributed by atoms with Gasteiger partial charge in [-0.2, -0.15) is 0 Å². The fourth-order valence-corrected chi connectivity index (χ4v) is 4.14. The first-order chi connectivity index (χ1) is 12.4. The first-order valence-electron chi connectivity index (χ1n) is 8.10. The van der Waals surface area contributed by atoms with E-state index in [-0.39, 0.29) is 16.8 Å². The minimum Gasteiger partial charge on any atom is -0.495 e. The molecule has 1 aliphatic rings. The second-order valence-electron chi connectivity index (χ2n) is 5.89. The molecular formula is C18H20N2O5S. The molecule has 1 heterocycles. The van der Waals surface area contributed by atoms with Crippen LogP contribution < -0.4 is 19.5 Å². The van der Waals surface area contributed by atoms with E-state index in [1.54, 1.807) is 0 Å². The van der Waals surface area contributed by atoms with Crippen molar-refractivity contribution in [2.45, 2.75) is 24.3 Å². The fourth-order valence-electron chi connectivity index (χ4n) is 2.86. The number of methoxy groups -OCH3 is 1. The van der Waals surface area contributed by atoms with Crippen LogP contribution in [-0.4, -0.2) is 28.0 Å². The number of rotatable bonds is 5. The Morgan fingerprint density at radius 2 is 2.00 bits per heavy atom. The zero-order chi connectivity index (χ0) is 18.7. The lowest BCUT2D eigenvalue weighted by molar-refractivity contribution is -0.114. The van der Waals surface area contributed by atoms with Gasteiger partial charge in [-0.25, -0.2) is 13.1 Å². The predicted octanol–water partition coefficient (Wildman–Crippen LogP) is 2.46. The van der Waals surface area contributed by atoms with Gasteiger partial charge in [-0.05, 0) is 24.3 Å². The molecule has 138 valence electrons. The first-order valence-corrected chi connectivity index (χ1v) is 9.59. The average Bonchev–Trinajstić information content (AvgIpc) is 2.61. The lowest BCUT2D eigenvalue weighted by Gasteiger charge is -2.26. The number of fused-ring (bicyclic) bond motifs is 1. The molecule has 0 aromatic heterocycles. The number of nitrogens with one attached hydrogen (secondary N) is 2. The van der Waals surface area contributed by atoms with Gasteiger partial charge >= 0.3 is 0 Å². The van der Waals surface area contributed by atoms with E-state index in [1.165, 1.54) is 32.2 Å². The highest BCUT2D eigenvalue weighted by Crippen LogP contribution is 2.33. The second kappa shape index (κ2) is 7.35. The van der Waals surface area contributed by atoms with E-state index in [9.17, 15) is 13.2 Å². The van der Waals surface area contributed by atoms with Crippen molar-refractivity contribution < 1.29 is 22.7 Å². The van der Waals surface area contributed by atoms with Crippen molar-refractivity contribution in [2.24, 2.45) is 0 Å². The quantitative estimate of drug-likeness (QED) is 0.836. The van der Waals surface area contributed by atoms with Gasteiger partial charge in [-0.3, -0.25) is 4.79 Å². The topological polar surface area (TPSA) is 93.7 Å². The van der Waals surface area contributed by atoms with Crippen molar-refractivity contribution in [3.63, 3.8) is 0 Å². The second-order valence-corrected chi connectivity index (χ2v) is 7.61. The van der Waals surface area contributed by atoms with Gasteiger partial charge in [-0.1, -0.05) is 18.2 Å². The molecule has 26 heavy (non-hydrogen) atoms. The number of benzene rings is 2. The Bertz CT molecular complexity index is 927. The van der Waals surface area contributed by atoms with Crippen molar-refractivity contribution in [2.75, 3.05) is 19.0 Å². The Hall–Kier alpha value is -2.58. The smallest absolute Gasteiger partial charge is 0.241 e. The standard InChI is InChI=1S/C18H20N2O5S/c1-12(21)19-16-11-13(7-8-18(16)24-2)26(22,23)20-15-9-10-25-17-6-4-3-5-14(15)17/h3-8,11,15,20H,9-10H2,1-2H3,(H,19,21)/t15-/m1/s1. The van der Waals surface area contributed by atoms with Gasteiger partial charge < -0.3 is 14.8 Å². The maximum Gasteiger partial charge on any atom is 0.241 e. The molecule has 0 saturated carbocycles. The summed E-state index contributed by atoms with van der Waals surface area (Å²) in [5.41, 5.74) is 1.10. The lowest BCUT2D eigenvalue weighted by Crippen LogP contribution is -2.32. The molecule has 1 aliphatic heterocycles. The number of sulfonamides is 1. The molecule has 2 aromatic rings. The molecule has 0 aliphatic carbocycles. The van der Waals surface area contributed by atoms with Gasteiger partial charge in [0.1, 0.15) is 11.5 Å². The summed E-state index contributed by atoms with van der Waals surface area (Å²) in [4.78, 5) is 11.4. The van der Waals surface area contributed by atoms with Crippen LogP contribution in [0.2, 0.25) is 0 Å². The zero-order valence-corrected chi connectivity index (χ0v) is 15.3. The summed E-state index contributed by atoms with van der Waals surface area (Å²) in [5.74, 6) is 0.750. The normalized spacial score (nSPS) is 16.3. The third kappa shape index (κ3) is 3.81. The van der Waals surface area contributed by atoms with E-state index in [1.807, 2.05) is 24.3 Å². The van der Waals surface area contributed by atoms with Gasteiger partial charge in [0.15, 0.2) is 0 Å². The van der Waals surface area contributed by atoms with Crippen LogP contribution in [0.5, 0.6) is 11.5 Å². The number of ether oxygens (including phenoxy) is 2. The Labute approximate surface area is 152 Å². The van der Waals surface area contributed by atoms with Crippen LogP contribution in [0.3, 0.4) is 0 Å². The van der Waals surface area contributed by atoms with Gasteiger partial charge in [0, 0.05) is 18.9 Å². The van der Waals surface area contributed by atoms with Gasteiger partial charge in [0.2, 0.25) is 15.9 Å². The Morgan fingerprint density at radius 3 is 2.73 bits per heavy atom. The minimum absolute atomic E-state index is 0.0472. The maximum atomic E-state index is 12.8. The van der Waals surface area contributed by atoms with Crippen LogP contribution in [0.15, 0.2) is 47.4 Å². The van der Waals surface area contributed by atoms with Crippen LogP contribution in [-0.2, 0) is 14.8 Å². The van der Waals surface area contributed by atoms with E-state index in [0.717, 1.165) is 5.56 Å². The predicted molar refractivity (Wildman–Crippen MR) is 96.9 cm³/mol. The number of hydrogen-bond acceptors (Lipinski definition) is 5. The largest absolute Gasteiger partial charge is 0.495 e. The number of hydrogen-bond donors (Lipinski definition) is 2. The van der Waals surface area contributed by atoms with E-state index >= 15 is 0 Å². The molecule has 1 amide bonds. The molecule has 7 nitrogen and oxygen atoms in total. The highest BCUT2D eigenvalue weighted by Gasteiger charge is 2.27. The molecule has 3 rings (SSSR count). The summed E-state index contributed by atoms with van der Waals surface area (Å²) < 4.78 is 39.1. The summed E-state index contributed by atoms with van der Waals surface area (Å²) in [6, 6.07) is 11.3. The molecule has 0 unspecified atom stereocenters. The molecule has 0 fully saturated rings. The lowest BCUT2D eigenvalue weighted by atomic mass is 10.0. The van der Waals surface area contributed by atoms with Crippen LogP contribution >= 0.6 is 0 Å². The summed E-state index contributed by atoms with van der Waals surface area (Å²) in [6.07, 6.45) is 0.533. The number of amides is 1. The Morgan fingerprint density at radius 1 is 1.23 bits per heavy atom. The Kier molecular flexibility index (Phi) is 5.15. The fraction of sp³-hybridized carbons (Fsp3) is 0.278. The van der Waals surface area contributed by atoms with E-state index in [2.05, 4.69) is 10.0 Å². The molecule has 0 spiro atoms. The summed E-state index contributed by atoms with van der Waals surface area (Å²) in [5, 5.41) is 2.58. The number of carbonyl (C=O) groups excluding carboxylic acids is 1. The number of anilines is 1. The van der Waals surface area contributed by atoms with E-state index < -0.39 is 10.0 Å². The molecule has 2 aromatic carbocycles. The van der Waals surface area contributed by atoms with Crippen LogP contribution in [0.1, 0.15) is 24.9 Å². The third-order valence-electron chi connectivity index (χ3n) is 4.05. The van der Waals surface area contributed by atoms with Crippen LogP contribution in [0, 0.1) is 0 Å². The van der Waals surface area contributed by atoms with Crippen molar-refractivity contribution in [3.8, 4) is 11.5 Å². The molecule has 1 atom stereocenters. The van der Waals surface area contributed by atoms with Crippen LogP contribution in [0.25, 0.3) is 0 Å². The highest BCUT2D eigenvalue weighted by atomic mass is 32.2. The van der Waals surface area contributed by atoms with E-state index in [0.29, 0.717) is 30.2 Å². The van der Waals surface area contributed by atoms with E-state index in [4.69, 9.17) is 9.47 Å².